The predicted molar refractivity (Wildman–Crippen MR) is 101 cm³/mol. The molecule has 6 heteroatoms. The zero-order chi connectivity index (χ0) is 18.7. The molecule has 2 heterocycles. The Morgan fingerprint density at radius 1 is 1.19 bits per heavy atom. The molecule has 1 N–H and O–H groups in total. The molecule has 0 bridgehead atoms. The lowest BCUT2D eigenvalue weighted by Crippen LogP contribution is -2.51. The van der Waals surface area contributed by atoms with Gasteiger partial charge in [0.25, 0.3) is 0 Å². The second kappa shape index (κ2) is 7.82. The lowest BCUT2D eigenvalue weighted by atomic mass is 9.74. The van der Waals surface area contributed by atoms with Gasteiger partial charge in [-0.2, -0.15) is 0 Å². The number of carbonyl (C=O) groups is 1. The van der Waals surface area contributed by atoms with E-state index in [-0.39, 0.29) is 5.92 Å². The van der Waals surface area contributed by atoms with Gasteiger partial charge in [0.2, 0.25) is 5.91 Å². The summed E-state index contributed by atoms with van der Waals surface area (Å²) in [7, 11) is 1.66. The summed E-state index contributed by atoms with van der Waals surface area (Å²) in [5, 5.41) is 10.2. The Morgan fingerprint density at radius 2 is 1.85 bits per heavy atom. The number of hydrogen-bond acceptors (Lipinski definition) is 5. The molecule has 1 aliphatic heterocycles. The van der Waals surface area contributed by atoms with Gasteiger partial charge >= 0.3 is 0 Å². The van der Waals surface area contributed by atoms with E-state index in [1.165, 1.54) is 0 Å². The van der Waals surface area contributed by atoms with Crippen molar-refractivity contribution in [2.24, 2.45) is 11.8 Å². The van der Waals surface area contributed by atoms with Crippen molar-refractivity contribution >= 4 is 11.6 Å². The highest BCUT2D eigenvalue weighted by Crippen LogP contribution is 2.36. The van der Waals surface area contributed by atoms with Gasteiger partial charge in [0, 0.05) is 38.3 Å². The van der Waals surface area contributed by atoms with Crippen LogP contribution in [0.25, 0.3) is 0 Å². The van der Waals surface area contributed by atoms with Crippen LogP contribution in [-0.2, 0) is 4.79 Å². The number of piperazine rings is 1. The molecule has 1 aromatic heterocycles. The molecule has 0 aromatic carbocycles. The SMILES string of the molecule is COc1cnccc1N1CCN(C(=O)C2CCC(C(C)(C)O)CC2)CC1. The molecular weight excluding hydrogens is 330 g/mol. The van der Waals surface area contributed by atoms with E-state index < -0.39 is 5.60 Å². The summed E-state index contributed by atoms with van der Waals surface area (Å²) >= 11 is 0. The number of aromatic nitrogens is 1. The molecule has 0 atom stereocenters. The third kappa shape index (κ3) is 4.11. The summed E-state index contributed by atoms with van der Waals surface area (Å²) in [5.74, 6) is 1.50. The number of methoxy groups -OCH3 is 1. The maximum atomic E-state index is 12.9. The van der Waals surface area contributed by atoms with Gasteiger partial charge in [-0.1, -0.05) is 0 Å². The largest absolute Gasteiger partial charge is 0.493 e. The van der Waals surface area contributed by atoms with E-state index >= 15 is 0 Å². The maximum Gasteiger partial charge on any atom is 0.225 e. The third-order valence-corrected chi connectivity index (χ3v) is 5.99. The van der Waals surface area contributed by atoms with Crippen LogP contribution in [0.5, 0.6) is 5.75 Å². The minimum Gasteiger partial charge on any atom is -0.493 e. The number of amides is 1. The van der Waals surface area contributed by atoms with E-state index in [1.54, 1.807) is 19.5 Å². The zero-order valence-corrected chi connectivity index (χ0v) is 16.1. The predicted octanol–water partition coefficient (Wildman–Crippen LogP) is 2.32. The van der Waals surface area contributed by atoms with E-state index in [0.29, 0.717) is 11.8 Å². The quantitative estimate of drug-likeness (QED) is 0.891. The molecule has 3 rings (SSSR count). The summed E-state index contributed by atoms with van der Waals surface area (Å²) in [6.45, 7) is 6.88. The Bertz CT molecular complexity index is 613. The molecule has 2 fully saturated rings. The second-order valence-corrected chi connectivity index (χ2v) is 8.06. The summed E-state index contributed by atoms with van der Waals surface area (Å²) in [6, 6.07) is 1.97. The summed E-state index contributed by atoms with van der Waals surface area (Å²) in [5.41, 5.74) is 0.406. The van der Waals surface area contributed by atoms with Gasteiger partial charge in [0.05, 0.1) is 24.6 Å². The normalized spacial score (nSPS) is 24.5. The molecule has 1 saturated carbocycles. The molecule has 1 saturated heterocycles. The molecule has 1 aliphatic carbocycles. The van der Waals surface area contributed by atoms with Crippen LogP contribution in [0, 0.1) is 11.8 Å². The molecular formula is C20H31N3O3. The van der Waals surface area contributed by atoms with Gasteiger partial charge in [-0.25, -0.2) is 0 Å². The van der Waals surface area contributed by atoms with Crippen molar-refractivity contribution in [1.82, 2.24) is 9.88 Å². The Kier molecular flexibility index (Phi) is 5.70. The summed E-state index contributed by atoms with van der Waals surface area (Å²) in [6.07, 6.45) is 7.17. The van der Waals surface area contributed by atoms with Gasteiger partial charge in [-0.05, 0) is 51.5 Å². The number of rotatable bonds is 4. The third-order valence-electron chi connectivity index (χ3n) is 5.99. The van der Waals surface area contributed by atoms with Crippen molar-refractivity contribution < 1.29 is 14.6 Å². The van der Waals surface area contributed by atoms with Gasteiger partial charge in [-0.15, -0.1) is 0 Å². The van der Waals surface area contributed by atoms with E-state index in [4.69, 9.17) is 4.74 Å². The Labute approximate surface area is 156 Å². The molecule has 0 unspecified atom stereocenters. The van der Waals surface area contributed by atoms with Crippen LogP contribution in [0.3, 0.4) is 0 Å². The number of ether oxygens (including phenoxy) is 1. The monoisotopic (exact) mass is 361 g/mol. The van der Waals surface area contributed by atoms with Gasteiger partial charge in [-0.3, -0.25) is 9.78 Å². The van der Waals surface area contributed by atoms with Crippen molar-refractivity contribution in [2.45, 2.75) is 45.1 Å². The van der Waals surface area contributed by atoms with Crippen LogP contribution in [0.2, 0.25) is 0 Å². The van der Waals surface area contributed by atoms with E-state index in [1.807, 2.05) is 24.8 Å². The molecule has 1 amide bonds. The smallest absolute Gasteiger partial charge is 0.225 e. The molecule has 0 spiro atoms. The zero-order valence-electron chi connectivity index (χ0n) is 16.1. The Balaban J connectivity index is 1.53. The summed E-state index contributed by atoms with van der Waals surface area (Å²) < 4.78 is 5.40. The van der Waals surface area contributed by atoms with Crippen molar-refractivity contribution in [3.05, 3.63) is 18.5 Å². The van der Waals surface area contributed by atoms with Gasteiger partial charge in [0.15, 0.2) is 5.75 Å². The number of hydrogen-bond donors (Lipinski definition) is 1. The van der Waals surface area contributed by atoms with Crippen molar-refractivity contribution in [3.63, 3.8) is 0 Å². The topological polar surface area (TPSA) is 65.9 Å². The highest BCUT2D eigenvalue weighted by molar-refractivity contribution is 5.79. The molecule has 6 nitrogen and oxygen atoms in total. The number of carbonyl (C=O) groups excluding carboxylic acids is 1. The summed E-state index contributed by atoms with van der Waals surface area (Å²) in [4.78, 5) is 21.3. The minimum atomic E-state index is -0.636. The van der Waals surface area contributed by atoms with E-state index in [9.17, 15) is 9.90 Å². The van der Waals surface area contributed by atoms with Crippen LogP contribution in [-0.4, -0.2) is 59.8 Å². The first-order chi connectivity index (χ1) is 12.4. The molecule has 26 heavy (non-hydrogen) atoms. The number of nitrogens with zero attached hydrogens (tertiary/aromatic N) is 3. The van der Waals surface area contributed by atoms with Crippen molar-refractivity contribution in [3.8, 4) is 5.75 Å². The fourth-order valence-corrected chi connectivity index (χ4v) is 4.26. The molecule has 144 valence electrons. The van der Waals surface area contributed by atoms with Gasteiger partial charge < -0.3 is 19.6 Å². The fraction of sp³-hybridized carbons (Fsp3) is 0.700. The van der Waals surface area contributed by atoms with Crippen LogP contribution in [0.1, 0.15) is 39.5 Å². The van der Waals surface area contributed by atoms with Crippen LogP contribution >= 0.6 is 0 Å². The Hall–Kier alpha value is -1.82. The number of pyridine rings is 1. The first-order valence-corrected chi connectivity index (χ1v) is 9.64. The standard InChI is InChI=1S/C20H31N3O3/c1-20(2,25)16-6-4-15(5-7-16)19(24)23-12-10-22(11-13-23)17-8-9-21-14-18(17)26-3/h8-9,14-16,25H,4-7,10-13H2,1-3H3. The van der Waals surface area contributed by atoms with Crippen molar-refractivity contribution in [1.29, 1.82) is 0 Å². The average Bonchev–Trinajstić information content (AvgIpc) is 2.67. The Morgan fingerprint density at radius 3 is 2.42 bits per heavy atom. The lowest BCUT2D eigenvalue weighted by Gasteiger charge is -2.40. The van der Waals surface area contributed by atoms with Crippen LogP contribution < -0.4 is 9.64 Å². The maximum absolute atomic E-state index is 12.9. The van der Waals surface area contributed by atoms with Gasteiger partial charge in [0.1, 0.15) is 0 Å². The minimum absolute atomic E-state index is 0.121. The first-order valence-electron chi connectivity index (χ1n) is 9.64. The highest BCUT2D eigenvalue weighted by atomic mass is 16.5. The average molecular weight is 361 g/mol. The number of anilines is 1. The van der Waals surface area contributed by atoms with Crippen LogP contribution in [0.15, 0.2) is 18.5 Å². The lowest BCUT2D eigenvalue weighted by molar-refractivity contribution is -0.138. The second-order valence-electron chi connectivity index (χ2n) is 8.06. The fourth-order valence-electron chi connectivity index (χ4n) is 4.26. The number of aliphatic hydroxyl groups is 1. The molecule has 1 aromatic rings. The van der Waals surface area contributed by atoms with Crippen LogP contribution in [0.4, 0.5) is 5.69 Å². The highest BCUT2D eigenvalue weighted by Gasteiger charge is 2.35. The van der Waals surface area contributed by atoms with E-state index in [2.05, 4.69) is 9.88 Å². The van der Waals surface area contributed by atoms with E-state index in [0.717, 1.165) is 63.3 Å². The van der Waals surface area contributed by atoms with Crippen molar-refractivity contribution in [2.75, 3.05) is 38.2 Å². The first kappa shape index (κ1) is 19.0. The molecule has 2 aliphatic rings. The molecule has 0 radical (unpaired) electrons.